The topological polar surface area (TPSA) is 29.9 Å². The van der Waals surface area contributed by atoms with Crippen molar-refractivity contribution in [1.29, 1.82) is 0 Å². The second-order valence-corrected chi connectivity index (χ2v) is 5.90. The van der Waals surface area contributed by atoms with E-state index in [9.17, 15) is 0 Å². The summed E-state index contributed by atoms with van der Waals surface area (Å²) in [4.78, 5) is 0. The second-order valence-electron chi connectivity index (χ2n) is 4.61. The molecule has 0 fully saturated rings. The van der Waals surface area contributed by atoms with E-state index in [2.05, 4.69) is 32.4 Å². The number of nitrogens with zero attached hydrogens (tertiary/aromatic N) is 2. The number of likely N-dealkylation sites (N-methyl/N-ethyl adjacent to an activating group) is 1. The van der Waals surface area contributed by atoms with Gasteiger partial charge in [0.1, 0.15) is 0 Å². The van der Waals surface area contributed by atoms with E-state index in [1.165, 1.54) is 5.69 Å². The van der Waals surface area contributed by atoms with Crippen LogP contribution < -0.4 is 5.32 Å². The van der Waals surface area contributed by atoms with Crippen molar-refractivity contribution in [2.45, 2.75) is 19.4 Å². The Hall–Kier alpha value is -0.840. The third-order valence-electron chi connectivity index (χ3n) is 3.19. The van der Waals surface area contributed by atoms with E-state index in [0.717, 1.165) is 27.2 Å². The van der Waals surface area contributed by atoms with Gasteiger partial charge >= 0.3 is 0 Å². The van der Waals surface area contributed by atoms with Crippen LogP contribution in [-0.2, 0) is 13.5 Å². The first-order chi connectivity index (χ1) is 9.01. The third kappa shape index (κ3) is 3.38. The van der Waals surface area contributed by atoms with Gasteiger partial charge in [0.15, 0.2) is 0 Å². The van der Waals surface area contributed by atoms with Crippen LogP contribution in [0.25, 0.3) is 0 Å². The predicted molar refractivity (Wildman–Crippen MR) is 82.6 cm³/mol. The summed E-state index contributed by atoms with van der Waals surface area (Å²) < 4.78 is 2.99. The van der Waals surface area contributed by atoms with Crippen LogP contribution >= 0.6 is 27.5 Å². The molecular weight excluding hydrogens is 326 g/mol. The molecule has 5 heteroatoms. The van der Waals surface area contributed by atoms with Crippen LogP contribution in [-0.4, -0.2) is 16.8 Å². The van der Waals surface area contributed by atoms with Gasteiger partial charge in [-0.3, -0.25) is 4.68 Å². The first kappa shape index (κ1) is 14.6. The fourth-order valence-corrected chi connectivity index (χ4v) is 2.92. The van der Waals surface area contributed by atoms with Gasteiger partial charge in [0.25, 0.3) is 0 Å². The third-order valence-corrected chi connectivity index (χ3v) is 4.15. The van der Waals surface area contributed by atoms with E-state index in [1.807, 2.05) is 43.9 Å². The highest BCUT2D eigenvalue weighted by atomic mass is 79.9. The first-order valence-corrected chi connectivity index (χ1v) is 7.30. The van der Waals surface area contributed by atoms with Gasteiger partial charge in [0.05, 0.1) is 5.69 Å². The number of hydrogen-bond donors (Lipinski definition) is 1. The summed E-state index contributed by atoms with van der Waals surface area (Å²) in [5, 5.41) is 8.47. The smallest absolute Gasteiger partial charge is 0.0596 e. The van der Waals surface area contributed by atoms with Gasteiger partial charge in [-0.2, -0.15) is 5.10 Å². The Bertz CT molecular complexity index is 580. The first-order valence-electron chi connectivity index (χ1n) is 6.13. The zero-order valence-electron chi connectivity index (χ0n) is 11.2. The minimum absolute atomic E-state index is 0.197. The molecule has 2 rings (SSSR count). The number of benzene rings is 1. The Balaban J connectivity index is 2.30. The van der Waals surface area contributed by atoms with Gasteiger partial charge in [0, 0.05) is 34.7 Å². The quantitative estimate of drug-likeness (QED) is 0.919. The van der Waals surface area contributed by atoms with Crippen molar-refractivity contribution < 1.29 is 0 Å². The fraction of sp³-hybridized carbons (Fsp3) is 0.357. The van der Waals surface area contributed by atoms with Crippen LogP contribution in [0.3, 0.4) is 0 Å². The van der Waals surface area contributed by atoms with Crippen LogP contribution in [0.1, 0.15) is 23.0 Å². The van der Waals surface area contributed by atoms with Crippen LogP contribution in [0.5, 0.6) is 0 Å². The maximum atomic E-state index is 6.09. The van der Waals surface area contributed by atoms with E-state index < -0.39 is 0 Å². The van der Waals surface area contributed by atoms with Gasteiger partial charge in [0.2, 0.25) is 0 Å². The lowest BCUT2D eigenvalue weighted by atomic mass is 10.0. The van der Waals surface area contributed by atoms with Crippen molar-refractivity contribution in [3.05, 3.63) is 50.7 Å². The minimum atomic E-state index is 0.197. The molecule has 0 bridgehead atoms. The molecule has 1 aromatic heterocycles. The molecule has 0 amide bonds. The number of nitrogens with one attached hydrogen (secondary N) is 1. The number of rotatable bonds is 4. The van der Waals surface area contributed by atoms with Gasteiger partial charge in [-0.25, -0.2) is 0 Å². The van der Waals surface area contributed by atoms with Crippen LogP contribution in [0, 0.1) is 6.92 Å². The maximum Gasteiger partial charge on any atom is 0.0596 e. The highest BCUT2D eigenvalue weighted by Crippen LogP contribution is 2.28. The average molecular weight is 343 g/mol. The molecule has 0 saturated carbocycles. The average Bonchev–Trinajstić information content (AvgIpc) is 2.68. The number of halogens is 2. The normalized spacial score (nSPS) is 12.7. The van der Waals surface area contributed by atoms with E-state index in [-0.39, 0.29) is 6.04 Å². The predicted octanol–water partition coefficient (Wildman–Crippen LogP) is 3.65. The SMILES string of the molecule is CNC(Cc1cc(C)nn1C)c1cc(Cl)ccc1Br. The van der Waals surface area contributed by atoms with E-state index >= 15 is 0 Å². The Morgan fingerprint density at radius 2 is 2.16 bits per heavy atom. The molecule has 1 unspecified atom stereocenters. The summed E-state index contributed by atoms with van der Waals surface area (Å²) in [7, 11) is 3.93. The lowest BCUT2D eigenvalue weighted by Gasteiger charge is -2.18. The largest absolute Gasteiger partial charge is 0.313 e. The Labute approximate surface area is 127 Å². The molecule has 102 valence electrons. The van der Waals surface area contributed by atoms with E-state index in [0.29, 0.717) is 0 Å². The van der Waals surface area contributed by atoms with Crippen molar-refractivity contribution in [2.75, 3.05) is 7.05 Å². The maximum absolute atomic E-state index is 6.09. The molecule has 0 saturated heterocycles. The monoisotopic (exact) mass is 341 g/mol. The molecule has 0 radical (unpaired) electrons. The zero-order valence-corrected chi connectivity index (χ0v) is 13.6. The van der Waals surface area contributed by atoms with Crippen LogP contribution in [0.2, 0.25) is 5.02 Å². The van der Waals surface area contributed by atoms with Crippen molar-refractivity contribution in [3.63, 3.8) is 0 Å². The van der Waals surface area contributed by atoms with E-state index in [4.69, 9.17) is 11.6 Å². The Morgan fingerprint density at radius 1 is 1.42 bits per heavy atom. The number of aryl methyl sites for hydroxylation is 2. The molecular formula is C14H17BrClN3. The van der Waals surface area contributed by atoms with Gasteiger partial charge in [-0.15, -0.1) is 0 Å². The lowest BCUT2D eigenvalue weighted by Crippen LogP contribution is -2.20. The van der Waals surface area contributed by atoms with E-state index in [1.54, 1.807) is 0 Å². The van der Waals surface area contributed by atoms with Gasteiger partial charge in [-0.05, 0) is 43.8 Å². The second kappa shape index (κ2) is 6.07. The summed E-state index contributed by atoms with van der Waals surface area (Å²) in [5.74, 6) is 0. The molecule has 1 aromatic carbocycles. The lowest BCUT2D eigenvalue weighted by molar-refractivity contribution is 0.559. The summed E-state index contributed by atoms with van der Waals surface area (Å²) in [6.07, 6.45) is 0.868. The van der Waals surface area contributed by atoms with Crippen molar-refractivity contribution >= 4 is 27.5 Å². The highest BCUT2D eigenvalue weighted by molar-refractivity contribution is 9.10. The molecule has 2 aromatic rings. The molecule has 1 atom stereocenters. The summed E-state index contributed by atoms with van der Waals surface area (Å²) in [5.41, 5.74) is 3.40. The van der Waals surface area contributed by atoms with Gasteiger partial charge < -0.3 is 5.32 Å². The molecule has 1 N–H and O–H groups in total. The molecule has 3 nitrogen and oxygen atoms in total. The van der Waals surface area contributed by atoms with Crippen LogP contribution in [0.15, 0.2) is 28.7 Å². The standard InChI is InChI=1S/C14H17BrClN3/c1-9-6-11(19(3)18-9)8-14(17-2)12-7-10(16)4-5-13(12)15/h4-7,14,17H,8H2,1-3H3. The fourth-order valence-electron chi connectivity index (χ4n) is 2.21. The summed E-state index contributed by atoms with van der Waals surface area (Å²) in [6, 6.07) is 8.17. The molecule has 1 heterocycles. The Kier molecular flexibility index (Phi) is 4.66. The van der Waals surface area contributed by atoms with Crippen molar-refractivity contribution in [1.82, 2.24) is 15.1 Å². The van der Waals surface area contributed by atoms with Crippen LogP contribution in [0.4, 0.5) is 0 Å². The molecule has 0 spiro atoms. The Morgan fingerprint density at radius 3 is 2.74 bits per heavy atom. The minimum Gasteiger partial charge on any atom is -0.313 e. The molecule has 0 aliphatic heterocycles. The molecule has 0 aliphatic carbocycles. The highest BCUT2D eigenvalue weighted by Gasteiger charge is 2.16. The van der Waals surface area contributed by atoms with Gasteiger partial charge in [-0.1, -0.05) is 27.5 Å². The summed E-state index contributed by atoms with van der Waals surface area (Å²) >= 11 is 9.68. The number of aromatic nitrogens is 2. The number of hydrogen-bond acceptors (Lipinski definition) is 2. The molecule has 19 heavy (non-hydrogen) atoms. The summed E-state index contributed by atoms with van der Waals surface area (Å²) in [6.45, 7) is 2.01. The molecule has 0 aliphatic rings. The van der Waals surface area contributed by atoms with Crippen molar-refractivity contribution in [2.24, 2.45) is 7.05 Å². The van der Waals surface area contributed by atoms with Crippen molar-refractivity contribution in [3.8, 4) is 0 Å². The zero-order chi connectivity index (χ0) is 14.0.